The molecule has 2 aliphatic rings. The zero-order valence-electron chi connectivity index (χ0n) is 23.3. The van der Waals surface area contributed by atoms with Gasteiger partial charge in [-0.15, -0.1) is 0 Å². The van der Waals surface area contributed by atoms with Crippen LogP contribution in [0.25, 0.3) is 33.4 Å². The van der Waals surface area contributed by atoms with Crippen molar-refractivity contribution in [3.8, 4) is 22.5 Å². The van der Waals surface area contributed by atoms with Gasteiger partial charge in [0.05, 0.1) is 17.2 Å². The van der Waals surface area contributed by atoms with Gasteiger partial charge in [0.25, 0.3) is 0 Å². The van der Waals surface area contributed by atoms with Crippen LogP contribution >= 0.6 is 0 Å². The van der Waals surface area contributed by atoms with Gasteiger partial charge in [0.2, 0.25) is 5.36 Å². The molecule has 2 amide bonds. The standard InChI is InChI=1S/C35H19F4NO5/c1-18-12-14-22-24(16-18)45-25-17-21(40(33(41)19-8-4-2-5-9-19)34(42)20-10-6-3-7-11-20)13-15-23(25)26(22)27-28(35(43)44)30(37)32(39)31(38)29(27)36/h2-17H,1H3/p+1. The summed E-state index contributed by atoms with van der Waals surface area (Å²) in [6.07, 6.45) is 0. The molecule has 222 valence electrons. The number of carbonyl (C=O) groups is 3. The summed E-state index contributed by atoms with van der Waals surface area (Å²) in [5.41, 5.74) is -1.64. The van der Waals surface area contributed by atoms with Gasteiger partial charge in [0.15, 0.2) is 23.3 Å². The highest BCUT2D eigenvalue weighted by Crippen LogP contribution is 2.44. The summed E-state index contributed by atoms with van der Waals surface area (Å²) in [5, 5.41) is 9.89. The predicted octanol–water partition coefficient (Wildman–Crippen LogP) is 7.22. The number of halogens is 4. The lowest BCUT2D eigenvalue weighted by molar-refractivity contribution is 0.0689. The monoisotopic (exact) mass is 610 g/mol. The van der Waals surface area contributed by atoms with Crippen molar-refractivity contribution in [2.45, 2.75) is 6.92 Å². The number of carboxylic acids is 1. The minimum absolute atomic E-state index is 0.0267. The highest BCUT2D eigenvalue weighted by molar-refractivity contribution is 6.12. The molecule has 4 aromatic rings. The molecule has 1 N–H and O–H groups in total. The number of fused-ring (bicyclic) bond motifs is 2. The number of imide groups is 1. The third kappa shape index (κ3) is 4.96. The first-order valence-corrected chi connectivity index (χ1v) is 13.5. The molecule has 0 saturated heterocycles. The van der Waals surface area contributed by atoms with Gasteiger partial charge in [-0.1, -0.05) is 53.1 Å². The average molecular weight is 611 g/mol. The zero-order chi connectivity index (χ0) is 32.0. The van der Waals surface area contributed by atoms with E-state index in [1.807, 2.05) is 0 Å². The minimum Gasteiger partial charge on any atom is -0.478 e. The Bertz CT molecular complexity index is 2170. The largest absolute Gasteiger partial charge is 0.478 e. The van der Waals surface area contributed by atoms with E-state index in [9.17, 15) is 32.7 Å². The fourth-order valence-electron chi connectivity index (χ4n) is 5.21. The smallest absolute Gasteiger partial charge is 0.428 e. The topological polar surface area (TPSA) is 87.6 Å². The summed E-state index contributed by atoms with van der Waals surface area (Å²) < 4.78 is 66.3. The Kier molecular flexibility index (Phi) is 7.33. The molecule has 0 radical (unpaired) electrons. The van der Waals surface area contributed by atoms with E-state index in [1.54, 1.807) is 49.4 Å². The summed E-state index contributed by atoms with van der Waals surface area (Å²) in [5.74, 6) is -11.9. The fourth-order valence-corrected chi connectivity index (χ4v) is 5.21. The van der Waals surface area contributed by atoms with Crippen molar-refractivity contribution in [3.63, 3.8) is 0 Å². The second-order valence-electron chi connectivity index (χ2n) is 10.1. The number of nitrogens with zero attached hydrogens (tertiary/aromatic N) is 1. The molecule has 10 heteroatoms. The van der Waals surface area contributed by atoms with Gasteiger partial charge in [-0.25, -0.2) is 31.9 Å². The molecule has 0 aromatic heterocycles. The molecule has 1 aliphatic carbocycles. The van der Waals surface area contributed by atoms with Crippen molar-refractivity contribution in [2.75, 3.05) is 0 Å². The number of aromatic carboxylic acids is 1. The van der Waals surface area contributed by atoms with Crippen LogP contribution in [0.5, 0.6) is 0 Å². The summed E-state index contributed by atoms with van der Waals surface area (Å²) >= 11 is 0. The van der Waals surface area contributed by atoms with E-state index in [0.717, 1.165) is 4.58 Å². The summed E-state index contributed by atoms with van der Waals surface area (Å²) in [6.45, 7) is 1.72. The number of carboxylic acid groups (broad SMARTS) is 1. The van der Waals surface area contributed by atoms with E-state index in [4.69, 9.17) is 4.42 Å². The van der Waals surface area contributed by atoms with E-state index in [2.05, 4.69) is 0 Å². The number of aryl methyl sites for hydroxylation is 1. The molecule has 0 atom stereocenters. The molecule has 0 fully saturated rings. The number of amides is 2. The van der Waals surface area contributed by atoms with Crippen molar-refractivity contribution in [1.29, 1.82) is 0 Å². The van der Waals surface area contributed by atoms with Crippen LogP contribution in [0.2, 0.25) is 0 Å². The molecule has 4 aromatic carbocycles. The average Bonchev–Trinajstić information content (AvgIpc) is 3.05. The van der Waals surface area contributed by atoms with Gasteiger partial charge in [-0.3, -0.25) is 0 Å². The first-order chi connectivity index (χ1) is 21.6. The van der Waals surface area contributed by atoms with Crippen molar-refractivity contribution < 1.29 is 41.5 Å². The predicted molar refractivity (Wildman–Crippen MR) is 157 cm³/mol. The van der Waals surface area contributed by atoms with Crippen molar-refractivity contribution in [2.24, 2.45) is 0 Å². The second kappa shape index (κ2) is 11.3. The SMILES string of the molecule is Cc1ccc2c(-c3c(F)c(F)c(F)c(F)c3C(=O)O)c3ccc(=[N+](C(=O)c4ccccc4)C(=O)c4ccccc4)cc-3oc2c1. The Labute approximate surface area is 252 Å². The van der Waals surface area contributed by atoms with Gasteiger partial charge < -0.3 is 9.52 Å². The number of carbonyl (C=O) groups excluding carboxylic acids is 2. The van der Waals surface area contributed by atoms with Crippen LogP contribution in [0.15, 0.2) is 101 Å². The Hall–Kier alpha value is -5.90. The molecule has 1 heterocycles. The van der Waals surface area contributed by atoms with Crippen LogP contribution in [0.1, 0.15) is 36.6 Å². The zero-order valence-corrected chi connectivity index (χ0v) is 23.3. The molecular formula is C35H20F4NO5+. The lowest BCUT2D eigenvalue weighted by Crippen LogP contribution is -2.40. The van der Waals surface area contributed by atoms with E-state index in [1.165, 1.54) is 54.6 Å². The lowest BCUT2D eigenvalue weighted by atomic mass is 9.89. The minimum atomic E-state index is -2.27. The Morgan fingerprint density at radius 3 is 1.82 bits per heavy atom. The van der Waals surface area contributed by atoms with Gasteiger partial charge in [0.1, 0.15) is 16.9 Å². The third-order valence-corrected chi connectivity index (χ3v) is 7.30. The van der Waals surface area contributed by atoms with Crippen LogP contribution in [-0.4, -0.2) is 22.9 Å². The highest BCUT2D eigenvalue weighted by Gasteiger charge is 2.35. The molecule has 0 unspecified atom stereocenters. The molecule has 6 nitrogen and oxygen atoms in total. The maximum atomic E-state index is 15.5. The van der Waals surface area contributed by atoms with Crippen LogP contribution in [0.4, 0.5) is 17.6 Å². The summed E-state index contributed by atoms with van der Waals surface area (Å²) in [4.78, 5) is 39.6. The molecule has 0 saturated carbocycles. The molecule has 0 bridgehead atoms. The Balaban J connectivity index is 1.75. The molecular weight excluding hydrogens is 590 g/mol. The molecule has 1 aliphatic heterocycles. The molecule has 0 spiro atoms. The highest BCUT2D eigenvalue weighted by atomic mass is 19.2. The van der Waals surface area contributed by atoms with Crippen LogP contribution in [0, 0.1) is 30.2 Å². The van der Waals surface area contributed by atoms with Crippen LogP contribution < -0.4 is 9.93 Å². The summed E-state index contributed by atoms with van der Waals surface area (Å²) in [7, 11) is 0. The van der Waals surface area contributed by atoms with Gasteiger partial charge in [-0.05, 0) is 48.9 Å². The number of hydrogen-bond donors (Lipinski definition) is 1. The quantitative estimate of drug-likeness (QED) is 0.0569. The molecule has 45 heavy (non-hydrogen) atoms. The van der Waals surface area contributed by atoms with Crippen LogP contribution in [0.3, 0.4) is 0 Å². The fraction of sp³-hybridized carbons (Fsp3) is 0.0286. The Morgan fingerprint density at radius 1 is 0.667 bits per heavy atom. The van der Waals surface area contributed by atoms with Crippen LogP contribution in [-0.2, 0) is 0 Å². The first-order valence-electron chi connectivity index (χ1n) is 13.5. The van der Waals surface area contributed by atoms with Crippen molar-refractivity contribution >= 4 is 28.8 Å². The maximum absolute atomic E-state index is 15.5. The lowest BCUT2D eigenvalue weighted by Gasteiger charge is -2.18. The van der Waals surface area contributed by atoms with E-state index in [0.29, 0.717) is 5.56 Å². The number of rotatable bonds is 4. The van der Waals surface area contributed by atoms with Crippen molar-refractivity contribution in [3.05, 3.63) is 148 Å². The summed E-state index contributed by atoms with van der Waals surface area (Å²) in [6, 6.07) is 24.5. The number of benzene rings is 5. The first kappa shape index (κ1) is 29.2. The maximum Gasteiger partial charge on any atom is 0.428 e. The van der Waals surface area contributed by atoms with E-state index >= 15 is 4.39 Å². The van der Waals surface area contributed by atoms with Gasteiger partial charge in [0, 0.05) is 28.1 Å². The molecule has 6 rings (SSSR count). The third-order valence-electron chi connectivity index (χ3n) is 7.30. The normalized spacial score (nSPS) is 11.1. The van der Waals surface area contributed by atoms with Gasteiger partial charge in [-0.2, -0.15) is 0 Å². The Morgan fingerprint density at radius 2 is 1.24 bits per heavy atom. The number of hydrogen-bond acceptors (Lipinski definition) is 4. The second-order valence-corrected chi connectivity index (χ2v) is 10.1. The van der Waals surface area contributed by atoms with E-state index in [-0.39, 0.29) is 44.3 Å². The van der Waals surface area contributed by atoms with Crippen molar-refractivity contribution in [1.82, 2.24) is 4.58 Å². The van der Waals surface area contributed by atoms with E-state index < -0.39 is 52.2 Å². The van der Waals surface area contributed by atoms with Gasteiger partial charge >= 0.3 is 17.8 Å².